The second kappa shape index (κ2) is 6.55. The molecule has 0 aliphatic heterocycles. The van der Waals surface area contributed by atoms with Gasteiger partial charge < -0.3 is 16.4 Å². The zero-order valence-corrected chi connectivity index (χ0v) is 9.15. The Labute approximate surface area is 88.6 Å². The minimum absolute atomic E-state index is 0.0458. The highest BCUT2D eigenvalue weighted by atomic mass is 19.3. The Morgan fingerprint density at radius 2 is 1.93 bits per heavy atom. The van der Waals surface area contributed by atoms with Gasteiger partial charge in [0.15, 0.2) is 0 Å². The van der Waals surface area contributed by atoms with Crippen molar-refractivity contribution in [1.29, 1.82) is 0 Å². The Balaban J connectivity index is 3.65. The highest BCUT2D eigenvalue weighted by molar-refractivity contribution is 5.73. The van der Waals surface area contributed by atoms with Gasteiger partial charge in [0.25, 0.3) is 6.43 Å². The van der Waals surface area contributed by atoms with E-state index in [1.807, 2.05) is 6.92 Å². The number of urea groups is 1. The van der Waals surface area contributed by atoms with Crippen LogP contribution in [0, 0.1) is 0 Å². The fraction of sp³-hybridized carbons (Fsp3) is 0.889. The zero-order chi connectivity index (χ0) is 11.9. The summed E-state index contributed by atoms with van der Waals surface area (Å²) in [4.78, 5) is 11.0. The van der Waals surface area contributed by atoms with Gasteiger partial charge in [-0.1, -0.05) is 6.92 Å². The van der Waals surface area contributed by atoms with Gasteiger partial charge in [-0.2, -0.15) is 0 Å². The maximum atomic E-state index is 12.3. The average molecular weight is 223 g/mol. The second-order valence-electron chi connectivity index (χ2n) is 3.74. The molecule has 15 heavy (non-hydrogen) atoms. The molecule has 0 radical (unpaired) electrons. The summed E-state index contributed by atoms with van der Waals surface area (Å²) in [7, 11) is 0. The number of carbonyl (C=O) groups excluding carboxylic acids is 1. The quantitative estimate of drug-likeness (QED) is 0.630. The molecule has 2 amide bonds. The van der Waals surface area contributed by atoms with Crippen LogP contribution < -0.4 is 16.4 Å². The van der Waals surface area contributed by atoms with Gasteiger partial charge in [-0.05, 0) is 19.8 Å². The van der Waals surface area contributed by atoms with Crippen molar-refractivity contribution in [1.82, 2.24) is 10.6 Å². The molecule has 0 heterocycles. The van der Waals surface area contributed by atoms with E-state index >= 15 is 0 Å². The van der Waals surface area contributed by atoms with E-state index in [1.165, 1.54) is 6.92 Å². The van der Waals surface area contributed by atoms with Gasteiger partial charge in [-0.3, -0.25) is 0 Å². The number of nitrogens with two attached hydrogens (primary N) is 1. The molecule has 0 spiro atoms. The number of alkyl halides is 2. The lowest BCUT2D eigenvalue weighted by Crippen LogP contribution is -2.47. The molecule has 1 unspecified atom stereocenters. The van der Waals surface area contributed by atoms with Crippen molar-refractivity contribution in [3.05, 3.63) is 0 Å². The number of hydrogen-bond acceptors (Lipinski definition) is 2. The number of rotatable bonds is 6. The van der Waals surface area contributed by atoms with Crippen molar-refractivity contribution in [2.45, 2.75) is 38.7 Å². The minimum Gasteiger partial charge on any atom is -0.338 e. The van der Waals surface area contributed by atoms with E-state index < -0.39 is 12.0 Å². The third-order valence-electron chi connectivity index (χ3n) is 1.98. The normalized spacial score (nSPS) is 14.8. The molecule has 0 bridgehead atoms. The first kappa shape index (κ1) is 14.1. The van der Waals surface area contributed by atoms with Gasteiger partial charge in [0, 0.05) is 13.1 Å². The monoisotopic (exact) mass is 223 g/mol. The summed E-state index contributed by atoms with van der Waals surface area (Å²) in [5, 5.41) is 5.03. The van der Waals surface area contributed by atoms with E-state index in [-0.39, 0.29) is 19.0 Å². The summed E-state index contributed by atoms with van der Waals surface area (Å²) < 4.78 is 24.6. The molecule has 0 aliphatic rings. The smallest absolute Gasteiger partial charge is 0.314 e. The van der Waals surface area contributed by atoms with Crippen molar-refractivity contribution in [3.8, 4) is 0 Å². The van der Waals surface area contributed by atoms with Gasteiger partial charge in [-0.25, -0.2) is 13.6 Å². The molecule has 6 heteroatoms. The predicted molar refractivity (Wildman–Crippen MR) is 54.9 cm³/mol. The van der Waals surface area contributed by atoms with Crippen LogP contribution in [0.3, 0.4) is 0 Å². The van der Waals surface area contributed by atoms with Crippen LogP contribution >= 0.6 is 0 Å². The molecule has 0 aromatic rings. The van der Waals surface area contributed by atoms with Crippen molar-refractivity contribution < 1.29 is 13.6 Å². The molecule has 1 atom stereocenters. The summed E-state index contributed by atoms with van der Waals surface area (Å²) in [6.07, 6.45) is -1.71. The first-order chi connectivity index (χ1) is 6.90. The van der Waals surface area contributed by atoms with E-state index in [9.17, 15) is 13.6 Å². The topological polar surface area (TPSA) is 67.2 Å². The molecular weight excluding hydrogens is 204 g/mol. The first-order valence-electron chi connectivity index (χ1n) is 4.99. The van der Waals surface area contributed by atoms with Crippen LogP contribution in [-0.4, -0.2) is 31.1 Å². The lowest BCUT2D eigenvalue weighted by atomic mass is 10.0. The summed E-state index contributed by atoms with van der Waals surface area (Å²) in [6.45, 7) is 3.91. The summed E-state index contributed by atoms with van der Waals surface area (Å²) >= 11 is 0. The first-order valence-corrected chi connectivity index (χ1v) is 4.99. The van der Waals surface area contributed by atoms with E-state index in [4.69, 9.17) is 5.73 Å². The van der Waals surface area contributed by atoms with Crippen molar-refractivity contribution in [3.63, 3.8) is 0 Å². The van der Waals surface area contributed by atoms with Crippen LogP contribution in [0.4, 0.5) is 13.6 Å². The number of halogens is 2. The van der Waals surface area contributed by atoms with E-state index in [0.717, 1.165) is 6.42 Å². The van der Waals surface area contributed by atoms with Gasteiger partial charge in [-0.15, -0.1) is 0 Å². The number of nitrogens with one attached hydrogen (secondary N) is 2. The fourth-order valence-electron chi connectivity index (χ4n) is 0.856. The van der Waals surface area contributed by atoms with Gasteiger partial charge in [0.2, 0.25) is 0 Å². The number of carbonyl (C=O) groups is 1. The van der Waals surface area contributed by atoms with E-state index in [0.29, 0.717) is 6.54 Å². The van der Waals surface area contributed by atoms with Crippen LogP contribution in [0.25, 0.3) is 0 Å². The van der Waals surface area contributed by atoms with Crippen molar-refractivity contribution in [2.24, 2.45) is 5.73 Å². The number of amides is 2. The largest absolute Gasteiger partial charge is 0.338 e. The Hall–Kier alpha value is -0.910. The molecule has 4 N–H and O–H groups in total. The molecule has 0 saturated heterocycles. The molecule has 0 saturated carbocycles. The number of hydrogen-bond donors (Lipinski definition) is 3. The van der Waals surface area contributed by atoms with Gasteiger partial charge in [0.1, 0.15) is 0 Å². The van der Waals surface area contributed by atoms with Gasteiger partial charge >= 0.3 is 6.03 Å². The summed E-state index contributed by atoms with van der Waals surface area (Å²) in [6, 6.07) is -0.345. The molecule has 0 aromatic carbocycles. The molecule has 0 aliphatic carbocycles. The fourth-order valence-corrected chi connectivity index (χ4v) is 0.856. The highest BCUT2D eigenvalue weighted by Gasteiger charge is 2.29. The van der Waals surface area contributed by atoms with Crippen LogP contribution in [0.5, 0.6) is 0 Å². The van der Waals surface area contributed by atoms with Crippen LogP contribution in [-0.2, 0) is 0 Å². The molecule has 0 rings (SSSR count). The lowest BCUT2D eigenvalue weighted by Gasteiger charge is -2.23. The second-order valence-corrected chi connectivity index (χ2v) is 3.74. The molecule has 4 nitrogen and oxygen atoms in total. The zero-order valence-electron chi connectivity index (χ0n) is 9.15. The third kappa shape index (κ3) is 6.22. The molecule has 0 aromatic heterocycles. The molecular formula is C9H19F2N3O. The maximum absolute atomic E-state index is 12.3. The Morgan fingerprint density at radius 3 is 2.40 bits per heavy atom. The van der Waals surface area contributed by atoms with Crippen molar-refractivity contribution >= 4 is 6.03 Å². The average Bonchev–Trinajstić information content (AvgIpc) is 2.14. The highest BCUT2D eigenvalue weighted by Crippen LogP contribution is 2.14. The Morgan fingerprint density at radius 1 is 1.40 bits per heavy atom. The van der Waals surface area contributed by atoms with Crippen LogP contribution in [0.1, 0.15) is 26.7 Å². The third-order valence-corrected chi connectivity index (χ3v) is 1.98. The molecule has 0 fully saturated rings. The van der Waals surface area contributed by atoms with Crippen LogP contribution in [0.15, 0.2) is 0 Å². The van der Waals surface area contributed by atoms with E-state index in [1.54, 1.807) is 0 Å². The standard InChI is InChI=1S/C9H19F2N3O/c1-3-5-13-8(15)14-6-4-9(2,12)7(10)11/h7H,3-6,12H2,1-2H3,(H2,13,14,15). The Kier molecular flexibility index (Phi) is 6.15. The maximum Gasteiger partial charge on any atom is 0.314 e. The summed E-state index contributed by atoms with van der Waals surface area (Å²) in [5.74, 6) is 0. The summed E-state index contributed by atoms with van der Waals surface area (Å²) in [5.41, 5.74) is 3.78. The SMILES string of the molecule is CCCNC(=O)NCCC(C)(N)C(F)F. The minimum atomic E-state index is -2.59. The van der Waals surface area contributed by atoms with Gasteiger partial charge in [0.05, 0.1) is 5.54 Å². The van der Waals surface area contributed by atoms with E-state index in [2.05, 4.69) is 10.6 Å². The predicted octanol–water partition coefficient (Wildman–Crippen LogP) is 1.07. The lowest BCUT2D eigenvalue weighted by molar-refractivity contribution is 0.0593. The Bertz CT molecular complexity index is 198. The molecule has 90 valence electrons. The van der Waals surface area contributed by atoms with Crippen molar-refractivity contribution in [2.75, 3.05) is 13.1 Å². The van der Waals surface area contributed by atoms with Crippen LogP contribution in [0.2, 0.25) is 0 Å².